The lowest BCUT2D eigenvalue weighted by atomic mass is 9.83. The van der Waals surface area contributed by atoms with Gasteiger partial charge in [-0.3, -0.25) is 0 Å². The topological polar surface area (TPSA) is 68.5 Å². The first-order valence-corrected chi connectivity index (χ1v) is 12.7. The van der Waals surface area contributed by atoms with Gasteiger partial charge in [-0.25, -0.2) is 9.59 Å². The maximum atomic E-state index is 12.1. The van der Waals surface area contributed by atoms with Crippen molar-refractivity contribution in [3.63, 3.8) is 0 Å². The molecule has 1 heterocycles. The Hall–Kier alpha value is -3.86. The van der Waals surface area contributed by atoms with Crippen LogP contribution in [0.1, 0.15) is 65.3 Å². The van der Waals surface area contributed by atoms with Crippen LogP contribution >= 0.6 is 0 Å². The molecule has 0 radical (unpaired) electrons. The van der Waals surface area contributed by atoms with Crippen molar-refractivity contribution in [3.05, 3.63) is 107 Å². The zero-order valence-electron chi connectivity index (χ0n) is 20.5. The van der Waals surface area contributed by atoms with E-state index < -0.39 is 5.97 Å². The number of carbonyl (C=O) groups is 2. The third-order valence-electron chi connectivity index (χ3n) is 7.27. The molecule has 0 saturated heterocycles. The summed E-state index contributed by atoms with van der Waals surface area (Å²) in [4.78, 5) is 23.9. The second kappa shape index (κ2) is 10.4. The summed E-state index contributed by atoms with van der Waals surface area (Å²) in [7, 11) is 0. The fourth-order valence-electron chi connectivity index (χ4n) is 5.50. The number of carbonyl (C=O) groups excluding carboxylic acids is 1. The van der Waals surface area contributed by atoms with Crippen molar-refractivity contribution in [3.8, 4) is 11.3 Å². The van der Waals surface area contributed by atoms with Gasteiger partial charge in [-0.05, 0) is 85.9 Å². The van der Waals surface area contributed by atoms with E-state index >= 15 is 0 Å². The van der Waals surface area contributed by atoms with E-state index in [1.807, 2.05) is 61.5 Å². The van der Waals surface area contributed by atoms with Gasteiger partial charge in [0.05, 0.1) is 23.8 Å². The van der Waals surface area contributed by atoms with Crippen LogP contribution in [0.15, 0.2) is 84.5 Å². The van der Waals surface area contributed by atoms with Crippen molar-refractivity contribution < 1.29 is 19.4 Å². The fraction of sp³-hybridized carbons (Fsp3) is 0.290. The second-order valence-electron chi connectivity index (χ2n) is 9.49. The molecular weight excluding hydrogens is 450 g/mol. The predicted octanol–water partition coefficient (Wildman–Crippen LogP) is 6.51. The summed E-state index contributed by atoms with van der Waals surface area (Å²) in [6, 6.07) is 20.4. The summed E-state index contributed by atoms with van der Waals surface area (Å²) >= 11 is 0. The van der Waals surface area contributed by atoms with Crippen molar-refractivity contribution in [2.45, 2.75) is 51.0 Å². The normalized spacial score (nSPS) is 19.2. The minimum Gasteiger partial charge on any atom is -0.478 e. The van der Waals surface area contributed by atoms with E-state index in [9.17, 15) is 14.7 Å². The Balaban J connectivity index is 1.53. The molecule has 1 aromatic heterocycles. The molecule has 2 aliphatic rings. The monoisotopic (exact) mass is 481 g/mol. The molecule has 0 fully saturated rings. The number of nitrogens with zero attached hydrogens (tertiary/aromatic N) is 1. The van der Waals surface area contributed by atoms with Crippen LogP contribution in [0, 0.1) is 0 Å². The first-order valence-electron chi connectivity index (χ1n) is 12.7. The zero-order chi connectivity index (χ0) is 25.1. The number of rotatable bonds is 6. The molecule has 2 aliphatic carbocycles. The van der Waals surface area contributed by atoms with Gasteiger partial charge >= 0.3 is 11.9 Å². The maximum absolute atomic E-state index is 12.1. The lowest BCUT2D eigenvalue weighted by molar-refractivity contribution is -0.132. The number of benzene rings is 2. The van der Waals surface area contributed by atoms with Crippen LogP contribution in [0.2, 0.25) is 0 Å². The lowest BCUT2D eigenvalue weighted by Gasteiger charge is -2.28. The summed E-state index contributed by atoms with van der Waals surface area (Å²) in [6.07, 6.45) is 10.2. The second-order valence-corrected chi connectivity index (χ2v) is 9.49. The Kier molecular flexibility index (Phi) is 6.90. The van der Waals surface area contributed by atoms with Crippen molar-refractivity contribution in [2.75, 3.05) is 6.61 Å². The molecule has 0 saturated carbocycles. The number of carboxylic acids is 1. The maximum Gasteiger partial charge on any atom is 0.338 e. The van der Waals surface area contributed by atoms with Gasteiger partial charge in [-0.2, -0.15) is 0 Å². The molecule has 0 spiro atoms. The van der Waals surface area contributed by atoms with Crippen molar-refractivity contribution >= 4 is 11.9 Å². The summed E-state index contributed by atoms with van der Waals surface area (Å²) in [5.74, 6) is -0.850. The molecule has 5 heteroatoms. The van der Waals surface area contributed by atoms with Crippen LogP contribution in [0.4, 0.5) is 0 Å². The Morgan fingerprint density at radius 2 is 1.83 bits per heavy atom. The Morgan fingerprint density at radius 1 is 1.06 bits per heavy atom. The Labute approximate surface area is 211 Å². The number of aromatic nitrogens is 1. The van der Waals surface area contributed by atoms with Gasteiger partial charge in [0.1, 0.15) is 0 Å². The first kappa shape index (κ1) is 23.9. The number of allylic oxidation sites excluding steroid dienone is 2. The van der Waals surface area contributed by atoms with Crippen LogP contribution in [0.5, 0.6) is 0 Å². The van der Waals surface area contributed by atoms with E-state index in [0.717, 1.165) is 43.4 Å². The highest BCUT2D eigenvalue weighted by atomic mass is 16.5. The number of esters is 1. The van der Waals surface area contributed by atoms with E-state index in [2.05, 4.69) is 22.8 Å². The number of hydrogen-bond acceptors (Lipinski definition) is 3. The molecule has 0 amide bonds. The van der Waals surface area contributed by atoms with E-state index in [-0.39, 0.29) is 12.0 Å². The minimum absolute atomic E-state index is 0.0324. The van der Waals surface area contributed by atoms with Gasteiger partial charge in [0.15, 0.2) is 0 Å². The molecule has 1 N–H and O–H groups in total. The third-order valence-corrected chi connectivity index (χ3v) is 7.27. The molecule has 0 bridgehead atoms. The Morgan fingerprint density at radius 3 is 2.56 bits per heavy atom. The summed E-state index contributed by atoms with van der Waals surface area (Å²) in [5, 5.41) is 9.73. The average Bonchev–Trinajstić information content (AvgIpc) is 3.10. The average molecular weight is 482 g/mol. The number of fused-ring (bicyclic) bond motifs is 1. The zero-order valence-corrected chi connectivity index (χ0v) is 20.5. The quantitative estimate of drug-likeness (QED) is 0.408. The minimum atomic E-state index is -0.889. The van der Waals surface area contributed by atoms with Crippen LogP contribution in [0.3, 0.4) is 0 Å². The summed E-state index contributed by atoms with van der Waals surface area (Å²) < 4.78 is 7.52. The highest BCUT2D eigenvalue weighted by molar-refractivity contribution is 5.90. The van der Waals surface area contributed by atoms with Gasteiger partial charge in [-0.15, -0.1) is 0 Å². The number of aryl methyl sites for hydroxylation is 1. The molecule has 2 unspecified atom stereocenters. The van der Waals surface area contributed by atoms with Crippen LogP contribution in [-0.2, 0) is 22.4 Å². The van der Waals surface area contributed by atoms with E-state index in [0.29, 0.717) is 23.7 Å². The van der Waals surface area contributed by atoms with E-state index in [4.69, 9.17) is 4.74 Å². The highest BCUT2D eigenvalue weighted by Gasteiger charge is 2.29. The highest BCUT2D eigenvalue weighted by Crippen LogP contribution is 2.40. The number of hydrogen-bond donors (Lipinski definition) is 1. The van der Waals surface area contributed by atoms with E-state index in [1.54, 1.807) is 6.08 Å². The van der Waals surface area contributed by atoms with Gasteiger partial charge < -0.3 is 14.4 Å². The van der Waals surface area contributed by atoms with Crippen LogP contribution in [-0.4, -0.2) is 28.2 Å². The van der Waals surface area contributed by atoms with Gasteiger partial charge in [0, 0.05) is 11.4 Å². The summed E-state index contributed by atoms with van der Waals surface area (Å²) in [6.45, 7) is 2.17. The Bertz CT molecular complexity index is 1310. The molecule has 3 aromatic rings. The van der Waals surface area contributed by atoms with Crippen LogP contribution < -0.4 is 0 Å². The van der Waals surface area contributed by atoms with Crippen molar-refractivity contribution in [2.24, 2.45) is 0 Å². The summed E-state index contributed by atoms with van der Waals surface area (Å²) in [5.41, 5.74) is 7.05. The smallest absolute Gasteiger partial charge is 0.338 e. The number of aliphatic carboxylic acids is 1. The number of ether oxygens (including phenoxy) is 1. The molecular formula is C31H31NO4. The van der Waals surface area contributed by atoms with Gasteiger partial charge in [-0.1, -0.05) is 54.6 Å². The molecule has 184 valence electrons. The molecule has 36 heavy (non-hydrogen) atoms. The predicted molar refractivity (Wildman–Crippen MR) is 140 cm³/mol. The molecule has 2 aromatic carbocycles. The molecule has 0 aliphatic heterocycles. The largest absolute Gasteiger partial charge is 0.478 e. The first-order chi connectivity index (χ1) is 17.5. The van der Waals surface area contributed by atoms with Crippen LogP contribution in [0.25, 0.3) is 11.3 Å². The molecule has 5 nitrogen and oxygen atoms in total. The molecule has 2 atom stereocenters. The standard InChI is InChI=1S/C31H31NO4/c1-2-36-31(35)23-14-12-21(13-15-23)24-16-17-25-20-28(22-8-4-3-5-9-22)32(29(25)19-24)27-11-7-6-10-26(18-27)30(33)34/h3-6,8-10,12-15,18,20,24,27H,2,7,11,16-17,19H2,1H3,(H,33,34). The van der Waals surface area contributed by atoms with E-state index in [1.165, 1.54) is 16.8 Å². The lowest BCUT2D eigenvalue weighted by Crippen LogP contribution is -2.19. The fourth-order valence-corrected chi connectivity index (χ4v) is 5.50. The third kappa shape index (κ3) is 4.78. The van der Waals surface area contributed by atoms with Gasteiger partial charge in [0.25, 0.3) is 0 Å². The number of carboxylic acid groups (broad SMARTS) is 1. The van der Waals surface area contributed by atoms with Crippen molar-refractivity contribution in [1.29, 1.82) is 0 Å². The van der Waals surface area contributed by atoms with Gasteiger partial charge in [0.2, 0.25) is 0 Å². The molecule has 5 rings (SSSR count). The SMILES string of the molecule is CCOC(=O)c1ccc(C2CCc3cc(-c4ccccc4)n(C4C=C(C(=O)O)C=CCC4)c3C2)cc1. The van der Waals surface area contributed by atoms with Crippen molar-refractivity contribution in [1.82, 2.24) is 4.57 Å².